The normalized spacial score (nSPS) is 12.1. The van der Waals surface area contributed by atoms with Crippen molar-refractivity contribution in [2.24, 2.45) is 0 Å². The third-order valence-corrected chi connectivity index (χ3v) is 7.02. The second-order valence-electron chi connectivity index (χ2n) is 8.59. The van der Waals surface area contributed by atoms with Gasteiger partial charge in [-0.1, -0.05) is 71.7 Å². The smallest absolute Gasteiger partial charge is 0.299 e. The van der Waals surface area contributed by atoms with Gasteiger partial charge in [0.05, 0.1) is 11.7 Å². The van der Waals surface area contributed by atoms with Gasteiger partial charge in [0, 0.05) is 40.7 Å². The lowest BCUT2D eigenvalue weighted by atomic mass is 10.0. The zero-order valence-electron chi connectivity index (χ0n) is 19.9. The largest absolute Gasteiger partial charge is 0.328 e. The quantitative estimate of drug-likeness (QED) is 0.272. The summed E-state index contributed by atoms with van der Waals surface area (Å²) >= 11 is 3.66. The van der Waals surface area contributed by atoms with Gasteiger partial charge in [-0.2, -0.15) is 5.21 Å². The highest BCUT2D eigenvalue weighted by atomic mass is 79.9. The lowest BCUT2D eigenvalue weighted by molar-refractivity contribution is 0.503. The molecule has 0 saturated heterocycles. The van der Waals surface area contributed by atoms with Gasteiger partial charge >= 0.3 is 5.69 Å². The topological polar surface area (TPSA) is 94.3 Å². The molecule has 0 bridgehead atoms. The highest BCUT2D eigenvalue weighted by molar-refractivity contribution is 9.10. The number of H-pyrrole nitrogens is 1. The van der Waals surface area contributed by atoms with Crippen LogP contribution < -0.4 is 5.69 Å². The van der Waals surface area contributed by atoms with Crippen LogP contribution in [0, 0.1) is 0 Å². The molecule has 0 amide bonds. The summed E-state index contributed by atoms with van der Waals surface area (Å²) in [6.45, 7) is 2.75. The molecule has 3 heterocycles. The molecule has 0 radical (unpaired) electrons. The first-order valence-corrected chi connectivity index (χ1v) is 12.7. The number of aromatic amines is 1. The Morgan fingerprint density at radius 3 is 2.61 bits per heavy atom. The molecule has 9 heteroatoms. The molecule has 5 rings (SSSR count). The molecule has 1 unspecified atom stereocenters. The number of halogens is 1. The summed E-state index contributed by atoms with van der Waals surface area (Å²) in [5, 5.41) is 14.3. The standard InChI is InChI=1S/C27H26BrN7O/c1-2-6-24(21-7-3-4-9-23(21)28)35-18-17-34(27(35)36)16-14-19-10-12-20(13-11-19)25-22(8-5-15-29-25)26-30-32-33-31-26/h3-5,7-13,15,17-18,24H,2,6,14,16H2,1H3,(H,30,31,32,33). The lowest BCUT2D eigenvalue weighted by Gasteiger charge is -2.19. The van der Waals surface area contributed by atoms with Crippen LogP contribution in [-0.2, 0) is 13.0 Å². The minimum atomic E-state index is 0.00498. The van der Waals surface area contributed by atoms with E-state index >= 15 is 0 Å². The average Bonchev–Trinajstić information content (AvgIpc) is 3.57. The van der Waals surface area contributed by atoms with Crippen molar-refractivity contribution >= 4 is 15.9 Å². The lowest BCUT2D eigenvalue weighted by Crippen LogP contribution is -2.28. The number of hydrogen-bond acceptors (Lipinski definition) is 5. The molecule has 0 fully saturated rings. The molecule has 0 saturated carbocycles. The van der Waals surface area contributed by atoms with E-state index in [0.29, 0.717) is 12.4 Å². The first-order chi connectivity index (χ1) is 17.7. The molecule has 0 spiro atoms. The molecule has 182 valence electrons. The molecule has 3 aromatic heterocycles. The molecule has 1 atom stereocenters. The van der Waals surface area contributed by atoms with Crippen molar-refractivity contribution < 1.29 is 0 Å². The molecule has 5 aromatic rings. The van der Waals surface area contributed by atoms with Gasteiger partial charge in [-0.15, -0.1) is 10.2 Å². The fourth-order valence-electron chi connectivity index (χ4n) is 4.47. The molecular formula is C27H26BrN7O. The van der Waals surface area contributed by atoms with Gasteiger partial charge in [0.2, 0.25) is 5.82 Å². The number of hydrogen-bond donors (Lipinski definition) is 1. The number of imidazole rings is 1. The maximum absolute atomic E-state index is 13.3. The van der Waals surface area contributed by atoms with E-state index in [1.54, 1.807) is 10.8 Å². The monoisotopic (exact) mass is 543 g/mol. The van der Waals surface area contributed by atoms with Crippen LogP contribution in [0.2, 0.25) is 0 Å². The minimum Gasteiger partial charge on any atom is -0.299 e. The molecule has 0 aliphatic carbocycles. The summed E-state index contributed by atoms with van der Waals surface area (Å²) in [5.74, 6) is 0.509. The molecule has 8 nitrogen and oxygen atoms in total. The number of rotatable bonds is 9. The van der Waals surface area contributed by atoms with E-state index in [9.17, 15) is 4.79 Å². The van der Waals surface area contributed by atoms with E-state index in [1.165, 1.54) is 0 Å². The Kier molecular flexibility index (Phi) is 7.18. The van der Waals surface area contributed by atoms with E-state index in [4.69, 9.17) is 0 Å². The Bertz CT molecular complexity index is 1490. The summed E-state index contributed by atoms with van der Waals surface area (Å²) < 4.78 is 4.67. The van der Waals surface area contributed by atoms with Crippen molar-refractivity contribution in [1.29, 1.82) is 0 Å². The maximum atomic E-state index is 13.3. The van der Waals surface area contributed by atoms with Crippen molar-refractivity contribution in [3.8, 4) is 22.6 Å². The summed E-state index contributed by atoms with van der Waals surface area (Å²) in [6.07, 6.45) is 8.18. The predicted octanol–water partition coefficient (Wildman–Crippen LogP) is 5.29. The number of benzene rings is 2. The van der Waals surface area contributed by atoms with Crippen LogP contribution in [0.3, 0.4) is 0 Å². The number of aryl methyl sites for hydroxylation is 2. The zero-order chi connectivity index (χ0) is 24.9. The highest BCUT2D eigenvalue weighted by Gasteiger charge is 2.18. The minimum absolute atomic E-state index is 0.00498. The second kappa shape index (κ2) is 10.8. The molecule has 1 N–H and O–H groups in total. The van der Waals surface area contributed by atoms with E-state index in [2.05, 4.69) is 66.7 Å². The average molecular weight is 544 g/mol. The van der Waals surface area contributed by atoms with Gasteiger partial charge in [-0.3, -0.25) is 14.1 Å². The number of pyridine rings is 1. The van der Waals surface area contributed by atoms with Crippen molar-refractivity contribution in [1.82, 2.24) is 34.7 Å². The number of nitrogens with one attached hydrogen (secondary N) is 1. The molecule has 36 heavy (non-hydrogen) atoms. The number of tetrazole rings is 1. The summed E-state index contributed by atoms with van der Waals surface area (Å²) in [4.78, 5) is 17.8. The summed E-state index contributed by atoms with van der Waals surface area (Å²) in [5.41, 5.74) is 4.87. The summed E-state index contributed by atoms with van der Waals surface area (Å²) in [6, 6.07) is 20.2. The zero-order valence-corrected chi connectivity index (χ0v) is 21.5. The fraction of sp³-hybridized carbons (Fsp3) is 0.222. The van der Waals surface area contributed by atoms with Gasteiger partial charge in [0.1, 0.15) is 0 Å². The number of aromatic nitrogens is 7. The van der Waals surface area contributed by atoms with E-state index in [-0.39, 0.29) is 11.7 Å². The van der Waals surface area contributed by atoms with Gasteiger partial charge in [-0.25, -0.2) is 4.79 Å². The van der Waals surface area contributed by atoms with E-state index < -0.39 is 0 Å². The van der Waals surface area contributed by atoms with Gasteiger partial charge in [-0.05, 0) is 47.4 Å². The van der Waals surface area contributed by atoms with E-state index in [1.807, 2.05) is 59.4 Å². The SMILES string of the molecule is CCCC(c1ccccc1Br)n1ccn(CCc2ccc(-c3ncccc3-c3nn[nH]n3)cc2)c1=O. The van der Waals surface area contributed by atoms with Crippen molar-refractivity contribution in [3.63, 3.8) is 0 Å². The van der Waals surface area contributed by atoms with Crippen LogP contribution in [-0.4, -0.2) is 34.7 Å². The van der Waals surface area contributed by atoms with Crippen LogP contribution in [0.25, 0.3) is 22.6 Å². The van der Waals surface area contributed by atoms with Crippen molar-refractivity contribution in [3.05, 3.63) is 105 Å². The summed E-state index contributed by atoms with van der Waals surface area (Å²) in [7, 11) is 0. The first kappa shape index (κ1) is 23.9. The Labute approximate surface area is 217 Å². The molecule has 2 aromatic carbocycles. The maximum Gasteiger partial charge on any atom is 0.328 e. The van der Waals surface area contributed by atoms with Gasteiger partial charge < -0.3 is 0 Å². The number of nitrogens with zero attached hydrogens (tertiary/aromatic N) is 6. The third-order valence-electron chi connectivity index (χ3n) is 6.30. The first-order valence-electron chi connectivity index (χ1n) is 12.0. The van der Waals surface area contributed by atoms with E-state index in [0.717, 1.165) is 51.7 Å². The Morgan fingerprint density at radius 1 is 1.03 bits per heavy atom. The second-order valence-corrected chi connectivity index (χ2v) is 9.44. The predicted molar refractivity (Wildman–Crippen MR) is 142 cm³/mol. The Balaban J connectivity index is 1.32. The fourth-order valence-corrected chi connectivity index (χ4v) is 5.02. The van der Waals surface area contributed by atoms with Crippen molar-refractivity contribution in [2.75, 3.05) is 0 Å². The van der Waals surface area contributed by atoms with Gasteiger partial charge in [0.25, 0.3) is 0 Å². The van der Waals surface area contributed by atoms with Crippen LogP contribution in [0.1, 0.15) is 36.9 Å². The third kappa shape index (κ3) is 4.92. The van der Waals surface area contributed by atoms with Crippen LogP contribution in [0.15, 0.2) is 88.5 Å². The Morgan fingerprint density at radius 2 is 1.86 bits per heavy atom. The van der Waals surface area contributed by atoms with Crippen LogP contribution >= 0.6 is 15.9 Å². The van der Waals surface area contributed by atoms with Crippen LogP contribution in [0.5, 0.6) is 0 Å². The molecule has 0 aliphatic rings. The van der Waals surface area contributed by atoms with Crippen molar-refractivity contribution in [2.45, 2.75) is 38.8 Å². The van der Waals surface area contributed by atoms with Gasteiger partial charge in [0.15, 0.2) is 0 Å². The highest BCUT2D eigenvalue weighted by Crippen LogP contribution is 2.29. The van der Waals surface area contributed by atoms with Crippen LogP contribution in [0.4, 0.5) is 0 Å². The molecular weight excluding hydrogens is 518 g/mol. The Hall–Kier alpha value is -3.85. The molecule has 0 aliphatic heterocycles.